The molecule has 0 radical (unpaired) electrons. The van der Waals surface area contributed by atoms with E-state index >= 15 is 0 Å². The molecule has 0 atom stereocenters. The molecular formula is C29H24N3O5-. The molecule has 2 heterocycles. The molecule has 0 saturated carbocycles. The Hall–Kier alpha value is -4.85. The molecule has 0 aliphatic carbocycles. The maximum Gasteiger partial charge on any atom is 0.247 e. The summed E-state index contributed by atoms with van der Waals surface area (Å²) in [5.74, 6) is -0.569. The van der Waals surface area contributed by atoms with E-state index < -0.39 is 11.9 Å². The highest BCUT2D eigenvalue weighted by atomic mass is 16.6. The van der Waals surface area contributed by atoms with Crippen LogP contribution in [0, 0.1) is 0 Å². The summed E-state index contributed by atoms with van der Waals surface area (Å²) in [4.78, 5) is 25.6. The van der Waals surface area contributed by atoms with Gasteiger partial charge in [0, 0.05) is 29.9 Å². The largest absolute Gasteiger partial charge is 0.545 e. The maximum absolute atomic E-state index is 13.1. The van der Waals surface area contributed by atoms with Crippen molar-refractivity contribution in [1.82, 2.24) is 14.7 Å². The number of carbonyl (C=O) groups is 2. The number of carboxylic acid groups (broad SMARTS) is 1. The van der Waals surface area contributed by atoms with Gasteiger partial charge in [-0.25, -0.2) is 4.68 Å². The van der Waals surface area contributed by atoms with Gasteiger partial charge >= 0.3 is 0 Å². The Labute approximate surface area is 214 Å². The Kier molecular flexibility index (Phi) is 6.98. The number of carboxylic acids is 1. The summed E-state index contributed by atoms with van der Waals surface area (Å²) >= 11 is 0. The number of carbonyl (C=O) groups excluding carboxylic acids is 2. The summed E-state index contributed by atoms with van der Waals surface area (Å²) in [5.41, 5.74) is 4.05. The van der Waals surface area contributed by atoms with Gasteiger partial charge in [0.1, 0.15) is 13.2 Å². The second kappa shape index (κ2) is 10.8. The number of hydrogen-bond donors (Lipinski definition) is 0. The number of aliphatic carboxylic acids is 1. The molecule has 0 N–H and O–H groups in total. The minimum Gasteiger partial charge on any atom is -0.545 e. The molecule has 0 bridgehead atoms. The number of rotatable bonds is 8. The van der Waals surface area contributed by atoms with Crippen molar-refractivity contribution in [3.8, 4) is 28.4 Å². The number of aromatic nitrogens is 2. The zero-order valence-electron chi connectivity index (χ0n) is 19.9. The number of fused-ring (bicyclic) bond motifs is 1. The summed E-state index contributed by atoms with van der Waals surface area (Å²) < 4.78 is 13.2. The van der Waals surface area contributed by atoms with Crippen LogP contribution in [0.4, 0.5) is 0 Å². The second-order valence-corrected chi connectivity index (χ2v) is 8.47. The number of para-hydroxylation sites is 1. The molecule has 4 aromatic rings. The fourth-order valence-corrected chi connectivity index (χ4v) is 4.14. The van der Waals surface area contributed by atoms with Crippen LogP contribution in [0.2, 0.25) is 0 Å². The van der Waals surface area contributed by atoms with Crippen LogP contribution in [-0.4, -0.2) is 39.8 Å². The fraction of sp³-hybridized carbons (Fsp3) is 0.138. The molecule has 8 heteroatoms. The first-order chi connectivity index (χ1) is 18.1. The Morgan fingerprint density at radius 3 is 2.32 bits per heavy atom. The number of ether oxygens (including phenoxy) is 2. The van der Waals surface area contributed by atoms with Gasteiger partial charge in [-0.3, -0.25) is 4.79 Å². The van der Waals surface area contributed by atoms with Gasteiger partial charge in [0.05, 0.1) is 23.9 Å². The van der Waals surface area contributed by atoms with Gasteiger partial charge in [-0.1, -0.05) is 48.5 Å². The average Bonchev–Trinajstić information content (AvgIpc) is 3.36. The Balaban J connectivity index is 1.55. The SMILES string of the molecule is O=C([O-])C=CC(=O)N(Cc1ccccc1)Cc1cn(-c2ccccc2)nc1-c1ccc2c(c1)OCCO2. The van der Waals surface area contributed by atoms with E-state index in [2.05, 4.69) is 0 Å². The van der Waals surface area contributed by atoms with Crippen molar-refractivity contribution in [2.45, 2.75) is 13.1 Å². The van der Waals surface area contributed by atoms with Gasteiger partial charge in [-0.15, -0.1) is 0 Å². The highest BCUT2D eigenvalue weighted by molar-refractivity contribution is 5.93. The van der Waals surface area contributed by atoms with E-state index in [4.69, 9.17) is 14.6 Å². The molecule has 5 rings (SSSR count). The minimum atomic E-state index is -1.43. The van der Waals surface area contributed by atoms with Crippen LogP contribution < -0.4 is 14.6 Å². The molecule has 186 valence electrons. The molecular weight excluding hydrogens is 470 g/mol. The number of hydrogen-bond acceptors (Lipinski definition) is 6. The van der Waals surface area contributed by atoms with E-state index in [1.165, 1.54) is 0 Å². The quantitative estimate of drug-likeness (QED) is 0.349. The predicted molar refractivity (Wildman–Crippen MR) is 135 cm³/mol. The zero-order chi connectivity index (χ0) is 25.6. The third-order valence-corrected chi connectivity index (χ3v) is 5.88. The van der Waals surface area contributed by atoms with E-state index in [1.54, 1.807) is 9.58 Å². The summed E-state index contributed by atoms with van der Waals surface area (Å²) in [6, 6.07) is 24.8. The number of benzene rings is 3. The van der Waals surface area contributed by atoms with E-state index in [-0.39, 0.29) is 13.1 Å². The highest BCUT2D eigenvalue weighted by Gasteiger charge is 2.21. The number of amides is 1. The van der Waals surface area contributed by atoms with E-state index in [1.807, 2.05) is 85.1 Å². The van der Waals surface area contributed by atoms with Gasteiger partial charge in [-0.05, 0) is 42.0 Å². The van der Waals surface area contributed by atoms with E-state index in [0.717, 1.165) is 34.5 Å². The molecule has 1 aromatic heterocycles. The molecule has 0 spiro atoms. The van der Waals surface area contributed by atoms with Crippen molar-refractivity contribution >= 4 is 11.9 Å². The lowest BCUT2D eigenvalue weighted by molar-refractivity contribution is -0.297. The summed E-state index contributed by atoms with van der Waals surface area (Å²) in [6.07, 6.45) is 3.65. The lowest BCUT2D eigenvalue weighted by Gasteiger charge is -2.22. The first-order valence-electron chi connectivity index (χ1n) is 11.8. The molecule has 0 fully saturated rings. The Morgan fingerprint density at radius 2 is 1.59 bits per heavy atom. The van der Waals surface area contributed by atoms with Crippen LogP contribution in [-0.2, 0) is 22.7 Å². The van der Waals surface area contributed by atoms with Crippen LogP contribution in [0.15, 0.2) is 97.2 Å². The van der Waals surface area contributed by atoms with Crippen LogP contribution in [0.5, 0.6) is 11.5 Å². The second-order valence-electron chi connectivity index (χ2n) is 8.47. The van der Waals surface area contributed by atoms with Crippen LogP contribution in [0.25, 0.3) is 16.9 Å². The first kappa shape index (κ1) is 23.9. The molecule has 1 aliphatic rings. The maximum atomic E-state index is 13.1. The third-order valence-electron chi connectivity index (χ3n) is 5.88. The molecule has 1 amide bonds. The average molecular weight is 495 g/mol. The van der Waals surface area contributed by atoms with Crippen LogP contribution >= 0.6 is 0 Å². The number of nitrogens with zero attached hydrogens (tertiary/aromatic N) is 3. The Bertz CT molecular complexity index is 1430. The van der Waals surface area contributed by atoms with Gasteiger partial charge < -0.3 is 24.3 Å². The monoisotopic (exact) mass is 494 g/mol. The van der Waals surface area contributed by atoms with Crippen molar-refractivity contribution in [3.63, 3.8) is 0 Å². The van der Waals surface area contributed by atoms with Crippen molar-refractivity contribution in [2.24, 2.45) is 0 Å². The third kappa shape index (κ3) is 5.70. The van der Waals surface area contributed by atoms with Gasteiger partial charge in [0.15, 0.2) is 11.5 Å². The molecule has 1 aliphatic heterocycles. The van der Waals surface area contributed by atoms with Crippen molar-refractivity contribution in [1.29, 1.82) is 0 Å². The molecule has 0 saturated heterocycles. The van der Waals surface area contributed by atoms with Crippen molar-refractivity contribution in [3.05, 3.63) is 108 Å². The standard InChI is InChI=1S/C29H25N3O5/c33-27(13-14-28(34)35)31(18-21-7-3-1-4-8-21)19-23-20-32(24-9-5-2-6-10-24)30-29(23)22-11-12-25-26(17-22)37-16-15-36-25/h1-14,17,20H,15-16,18-19H2,(H,34,35)/p-1. The lowest BCUT2D eigenvalue weighted by atomic mass is 10.1. The summed E-state index contributed by atoms with van der Waals surface area (Å²) in [7, 11) is 0. The molecule has 0 unspecified atom stereocenters. The molecule has 3 aromatic carbocycles. The van der Waals surface area contributed by atoms with Crippen molar-refractivity contribution in [2.75, 3.05) is 13.2 Å². The van der Waals surface area contributed by atoms with Gasteiger partial charge in [0.25, 0.3) is 0 Å². The zero-order valence-corrected chi connectivity index (χ0v) is 19.9. The molecule has 37 heavy (non-hydrogen) atoms. The van der Waals surface area contributed by atoms with Crippen LogP contribution in [0.3, 0.4) is 0 Å². The minimum absolute atomic E-state index is 0.196. The van der Waals surface area contributed by atoms with E-state index in [9.17, 15) is 14.7 Å². The van der Waals surface area contributed by atoms with Crippen molar-refractivity contribution < 1.29 is 24.2 Å². The summed E-state index contributed by atoms with van der Waals surface area (Å²) in [6.45, 7) is 1.44. The summed E-state index contributed by atoms with van der Waals surface area (Å²) in [5, 5.41) is 15.8. The smallest absolute Gasteiger partial charge is 0.247 e. The Morgan fingerprint density at radius 1 is 0.892 bits per heavy atom. The van der Waals surface area contributed by atoms with Crippen LogP contribution in [0.1, 0.15) is 11.1 Å². The lowest BCUT2D eigenvalue weighted by Crippen LogP contribution is -2.29. The van der Waals surface area contributed by atoms with Gasteiger partial charge in [-0.2, -0.15) is 5.10 Å². The normalized spacial score (nSPS) is 12.4. The first-order valence-corrected chi connectivity index (χ1v) is 11.8. The molecule has 8 nitrogen and oxygen atoms in total. The highest BCUT2D eigenvalue weighted by Crippen LogP contribution is 2.35. The predicted octanol–water partition coefficient (Wildman–Crippen LogP) is 3.15. The topological polar surface area (TPSA) is 96.7 Å². The van der Waals surface area contributed by atoms with E-state index in [0.29, 0.717) is 30.4 Å². The van der Waals surface area contributed by atoms with Gasteiger partial charge in [0.2, 0.25) is 5.91 Å². The fourth-order valence-electron chi connectivity index (χ4n) is 4.14.